The summed E-state index contributed by atoms with van der Waals surface area (Å²) in [5.41, 5.74) is 4.56. The van der Waals surface area contributed by atoms with Crippen molar-refractivity contribution in [3.63, 3.8) is 0 Å². The van der Waals surface area contributed by atoms with Gasteiger partial charge in [0.1, 0.15) is 0 Å². The van der Waals surface area contributed by atoms with Crippen molar-refractivity contribution >= 4 is 16.8 Å². The van der Waals surface area contributed by atoms with Crippen molar-refractivity contribution < 1.29 is 4.79 Å². The highest BCUT2D eigenvalue weighted by atomic mass is 16.1. The van der Waals surface area contributed by atoms with Crippen molar-refractivity contribution in [2.24, 2.45) is 0 Å². The van der Waals surface area contributed by atoms with E-state index in [4.69, 9.17) is 4.98 Å². The Kier molecular flexibility index (Phi) is 3.34. The molecular weight excluding hydrogens is 284 g/mol. The lowest BCUT2D eigenvalue weighted by Crippen LogP contribution is -2.25. The van der Waals surface area contributed by atoms with Crippen LogP contribution in [0, 0.1) is 6.92 Å². The Morgan fingerprint density at radius 2 is 1.87 bits per heavy atom. The van der Waals surface area contributed by atoms with Gasteiger partial charge in [-0.2, -0.15) is 0 Å². The summed E-state index contributed by atoms with van der Waals surface area (Å²) in [4.78, 5) is 17.5. The predicted octanol–water partition coefficient (Wildman–Crippen LogP) is 4.10. The molecule has 3 aromatic rings. The fourth-order valence-electron chi connectivity index (χ4n) is 2.83. The molecule has 1 amide bonds. The average molecular weight is 302 g/mol. The molecule has 0 unspecified atom stereocenters. The van der Waals surface area contributed by atoms with E-state index in [1.165, 1.54) is 0 Å². The summed E-state index contributed by atoms with van der Waals surface area (Å²) in [5.74, 6) is 0.00248. The maximum atomic E-state index is 12.7. The van der Waals surface area contributed by atoms with Crippen molar-refractivity contribution in [3.05, 3.63) is 65.7 Å². The van der Waals surface area contributed by atoms with Gasteiger partial charge in [-0.3, -0.25) is 4.79 Å². The maximum Gasteiger partial charge on any atom is 0.252 e. The molecule has 0 spiro atoms. The highest BCUT2D eigenvalue weighted by Gasteiger charge is 2.25. The van der Waals surface area contributed by atoms with Gasteiger partial charge in [-0.25, -0.2) is 4.98 Å². The van der Waals surface area contributed by atoms with Crippen LogP contribution in [-0.2, 0) is 0 Å². The molecule has 0 aliphatic heterocycles. The highest BCUT2D eigenvalue weighted by Crippen LogP contribution is 2.27. The molecule has 0 saturated heterocycles. The lowest BCUT2D eigenvalue weighted by Gasteiger charge is -2.11. The van der Waals surface area contributed by atoms with Gasteiger partial charge in [0.2, 0.25) is 0 Å². The summed E-state index contributed by atoms with van der Waals surface area (Å²) < 4.78 is 0. The van der Waals surface area contributed by atoms with Crippen LogP contribution in [0.15, 0.2) is 54.6 Å². The molecule has 1 heterocycles. The second-order valence-corrected chi connectivity index (χ2v) is 6.14. The van der Waals surface area contributed by atoms with E-state index in [1.807, 2.05) is 61.5 Å². The highest BCUT2D eigenvalue weighted by molar-refractivity contribution is 6.08. The van der Waals surface area contributed by atoms with Crippen molar-refractivity contribution in [2.75, 3.05) is 0 Å². The summed E-state index contributed by atoms with van der Waals surface area (Å²) in [6, 6.07) is 18.3. The van der Waals surface area contributed by atoms with Crippen LogP contribution in [0.3, 0.4) is 0 Å². The number of nitrogens with zero attached hydrogens (tertiary/aromatic N) is 1. The molecule has 1 aliphatic rings. The van der Waals surface area contributed by atoms with Crippen LogP contribution < -0.4 is 5.32 Å². The monoisotopic (exact) mass is 302 g/mol. The molecule has 1 fully saturated rings. The van der Waals surface area contributed by atoms with E-state index >= 15 is 0 Å². The molecule has 1 aromatic heterocycles. The molecule has 1 N–H and O–H groups in total. The predicted molar refractivity (Wildman–Crippen MR) is 92.4 cm³/mol. The van der Waals surface area contributed by atoms with Gasteiger partial charge in [0.15, 0.2) is 0 Å². The third-order valence-electron chi connectivity index (χ3n) is 4.27. The number of aryl methyl sites for hydroxylation is 1. The summed E-state index contributed by atoms with van der Waals surface area (Å²) in [6.07, 6.45) is 2.17. The van der Waals surface area contributed by atoms with Crippen LogP contribution >= 0.6 is 0 Å². The van der Waals surface area contributed by atoms with Gasteiger partial charge >= 0.3 is 0 Å². The Labute approximate surface area is 135 Å². The van der Waals surface area contributed by atoms with Crippen molar-refractivity contribution in [1.29, 1.82) is 0 Å². The van der Waals surface area contributed by atoms with Crippen LogP contribution in [0.4, 0.5) is 0 Å². The number of hydrogen-bond acceptors (Lipinski definition) is 2. The molecule has 0 bridgehead atoms. The van der Waals surface area contributed by atoms with E-state index < -0.39 is 0 Å². The molecule has 0 radical (unpaired) electrons. The number of hydrogen-bond donors (Lipinski definition) is 1. The molecular formula is C20H18N2O. The minimum absolute atomic E-state index is 0.00248. The van der Waals surface area contributed by atoms with Crippen molar-refractivity contribution in [3.8, 4) is 11.3 Å². The molecule has 2 aromatic carbocycles. The number of fused-ring (bicyclic) bond motifs is 1. The van der Waals surface area contributed by atoms with E-state index in [0.717, 1.165) is 40.6 Å². The first-order chi connectivity index (χ1) is 11.2. The molecule has 1 saturated carbocycles. The van der Waals surface area contributed by atoms with Crippen LogP contribution in [0.25, 0.3) is 22.2 Å². The van der Waals surface area contributed by atoms with Gasteiger partial charge in [-0.1, -0.05) is 48.5 Å². The van der Waals surface area contributed by atoms with Gasteiger partial charge < -0.3 is 5.32 Å². The van der Waals surface area contributed by atoms with Gasteiger partial charge in [-0.15, -0.1) is 0 Å². The second kappa shape index (κ2) is 5.51. The Morgan fingerprint density at radius 3 is 2.61 bits per heavy atom. The van der Waals surface area contributed by atoms with Crippen LogP contribution in [-0.4, -0.2) is 16.9 Å². The molecule has 3 heteroatoms. The van der Waals surface area contributed by atoms with E-state index in [2.05, 4.69) is 5.32 Å². The lowest BCUT2D eigenvalue weighted by molar-refractivity contribution is 0.0952. The lowest BCUT2D eigenvalue weighted by atomic mass is 10.0. The zero-order chi connectivity index (χ0) is 15.8. The Hall–Kier alpha value is -2.68. The average Bonchev–Trinajstić information content (AvgIpc) is 3.39. The van der Waals surface area contributed by atoms with Crippen LogP contribution in [0.2, 0.25) is 0 Å². The summed E-state index contributed by atoms with van der Waals surface area (Å²) in [7, 11) is 0. The first kappa shape index (κ1) is 13.9. The molecule has 4 rings (SSSR count). The number of benzene rings is 2. The molecule has 114 valence electrons. The second-order valence-electron chi connectivity index (χ2n) is 6.14. The zero-order valence-electron chi connectivity index (χ0n) is 13.0. The fourth-order valence-corrected chi connectivity index (χ4v) is 2.83. The zero-order valence-corrected chi connectivity index (χ0v) is 13.0. The standard InChI is InChI=1S/C20H18N2O/c1-13-6-5-9-16-17(20(23)21-15-10-11-15)12-18(22-19(13)16)14-7-3-2-4-8-14/h2-9,12,15H,10-11H2,1H3,(H,21,23). The molecule has 0 atom stereocenters. The maximum absolute atomic E-state index is 12.7. The van der Waals surface area contributed by atoms with Crippen LogP contribution in [0.5, 0.6) is 0 Å². The topological polar surface area (TPSA) is 42.0 Å². The van der Waals surface area contributed by atoms with E-state index in [-0.39, 0.29) is 5.91 Å². The van der Waals surface area contributed by atoms with Gasteiger partial charge in [0.25, 0.3) is 5.91 Å². The summed E-state index contributed by atoms with van der Waals surface area (Å²) in [5, 5.41) is 4.01. The number of para-hydroxylation sites is 1. The molecule has 3 nitrogen and oxygen atoms in total. The number of pyridine rings is 1. The number of amides is 1. The Balaban J connectivity index is 1.91. The van der Waals surface area contributed by atoms with E-state index in [9.17, 15) is 4.79 Å². The van der Waals surface area contributed by atoms with Gasteiger partial charge in [0.05, 0.1) is 16.8 Å². The number of carbonyl (C=O) groups is 1. The molecule has 23 heavy (non-hydrogen) atoms. The summed E-state index contributed by atoms with van der Waals surface area (Å²) in [6.45, 7) is 2.03. The van der Waals surface area contributed by atoms with Crippen LogP contribution in [0.1, 0.15) is 28.8 Å². The first-order valence-corrected chi connectivity index (χ1v) is 7.99. The number of aromatic nitrogens is 1. The number of rotatable bonds is 3. The minimum Gasteiger partial charge on any atom is -0.349 e. The smallest absolute Gasteiger partial charge is 0.252 e. The van der Waals surface area contributed by atoms with Gasteiger partial charge in [-0.05, 0) is 31.4 Å². The Morgan fingerprint density at radius 1 is 1.09 bits per heavy atom. The summed E-state index contributed by atoms with van der Waals surface area (Å²) >= 11 is 0. The normalized spacial score (nSPS) is 14.0. The van der Waals surface area contributed by atoms with E-state index in [1.54, 1.807) is 0 Å². The van der Waals surface area contributed by atoms with E-state index in [0.29, 0.717) is 11.6 Å². The largest absolute Gasteiger partial charge is 0.349 e. The number of carbonyl (C=O) groups excluding carboxylic acids is 1. The molecule has 1 aliphatic carbocycles. The quantitative estimate of drug-likeness (QED) is 0.791. The van der Waals surface area contributed by atoms with Gasteiger partial charge in [0, 0.05) is 17.0 Å². The third kappa shape index (κ3) is 2.70. The van der Waals surface area contributed by atoms with Crippen molar-refractivity contribution in [2.45, 2.75) is 25.8 Å². The fraction of sp³-hybridized carbons (Fsp3) is 0.200. The third-order valence-corrected chi connectivity index (χ3v) is 4.27. The van der Waals surface area contributed by atoms with Crippen molar-refractivity contribution in [1.82, 2.24) is 10.3 Å². The number of nitrogens with one attached hydrogen (secondary N) is 1. The SMILES string of the molecule is Cc1cccc2c(C(=O)NC3CC3)cc(-c3ccccc3)nc12. The first-order valence-electron chi connectivity index (χ1n) is 7.99. The Bertz CT molecular complexity index is 883. The minimum atomic E-state index is 0.00248.